The first kappa shape index (κ1) is 7.65. The number of hydrogen-bond donors (Lipinski definition) is 2. The molecule has 1 unspecified atom stereocenters. The molecule has 1 N–H and O–H groups in total. The standard InChI is InChI=1S/C8H10OS2/c9-6-2-1-3-7-5(6)4-8(10)11-7/h4,6,9-10H,1-3H2. The molecule has 0 spiro atoms. The third-order valence-corrected chi connectivity index (χ3v) is 3.49. The van der Waals surface area contributed by atoms with Crippen molar-refractivity contribution in [3.05, 3.63) is 16.5 Å². The number of aliphatic hydroxyl groups is 1. The topological polar surface area (TPSA) is 20.2 Å². The summed E-state index contributed by atoms with van der Waals surface area (Å²) in [5.41, 5.74) is 1.12. The van der Waals surface area contributed by atoms with Crippen molar-refractivity contribution < 1.29 is 5.11 Å². The lowest BCUT2D eigenvalue weighted by Gasteiger charge is -2.16. The van der Waals surface area contributed by atoms with Crippen molar-refractivity contribution in [2.75, 3.05) is 0 Å². The highest BCUT2D eigenvalue weighted by molar-refractivity contribution is 7.82. The molecule has 1 aromatic heterocycles. The van der Waals surface area contributed by atoms with Crippen LogP contribution < -0.4 is 0 Å². The quantitative estimate of drug-likeness (QED) is 0.596. The zero-order valence-corrected chi connectivity index (χ0v) is 7.79. The van der Waals surface area contributed by atoms with Crippen molar-refractivity contribution >= 4 is 24.0 Å². The van der Waals surface area contributed by atoms with Crippen LogP contribution in [0.25, 0.3) is 0 Å². The summed E-state index contributed by atoms with van der Waals surface area (Å²) >= 11 is 5.96. The summed E-state index contributed by atoms with van der Waals surface area (Å²) in [6.07, 6.45) is 2.92. The first-order chi connectivity index (χ1) is 5.27. The molecule has 3 heteroatoms. The summed E-state index contributed by atoms with van der Waals surface area (Å²) in [6, 6.07) is 1.99. The van der Waals surface area contributed by atoms with Gasteiger partial charge in [-0.05, 0) is 30.9 Å². The van der Waals surface area contributed by atoms with Crippen LogP contribution in [0.15, 0.2) is 10.3 Å². The Morgan fingerprint density at radius 2 is 2.45 bits per heavy atom. The van der Waals surface area contributed by atoms with Gasteiger partial charge in [-0.2, -0.15) is 0 Å². The molecule has 1 atom stereocenters. The van der Waals surface area contributed by atoms with Crippen LogP contribution in [-0.4, -0.2) is 5.11 Å². The molecule has 1 aliphatic carbocycles. The van der Waals surface area contributed by atoms with E-state index in [-0.39, 0.29) is 6.10 Å². The summed E-state index contributed by atoms with van der Waals surface area (Å²) in [6.45, 7) is 0. The smallest absolute Gasteiger partial charge is 0.0801 e. The van der Waals surface area contributed by atoms with E-state index in [1.807, 2.05) is 6.07 Å². The van der Waals surface area contributed by atoms with Gasteiger partial charge in [-0.1, -0.05) is 0 Å². The molecular weight excluding hydrogens is 176 g/mol. The van der Waals surface area contributed by atoms with E-state index in [9.17, 15) is 5.11 Å². The van der Waals surface area contributed by atoms with Crippen LogP contribution in [-0.2, 0) is 6.42 Å². The molecule has 0 fully saturated rings. The molecule has 0 aliphatic heterocycles. The molecule has 0 radical (unpaired) electrons. The Morgan fingerprint density at radius 3 is 3.18 bits per heavy atom. The lowest BCUT2D eigenvalue weighted by molar-refractivity contribution is 0.157. The summed E-state index contributed by atoms with van der Waals surface area (Å²) in [4.78, 5) is 1.33. The van der Waals surface area contributed by atoms with Crippen molar-refractivity contribution in [1.82, 2.24) is 0 Å². The van der Waals surface area contributed by atoms with Gasteiger partial charge < -0.3 is 5.11 Å². The van der Waals surface area contributed by atoms with Crippen LogP contribution in [0.1, 0.15) is 29.4 Å². The maximum atomic E-state index is 9.55. The van der Waals surface area contributed by atoms with Crippen LogP contribution >= 0.6 is 24.0 Å². The molecule has 2 rings (SSSR count). The maximum Gasteiger partial charge on any atom is 0.0801 e. The van der Waals surface area contributed by atoms with Gasteiger partial charge in [-0.25, -0.2) is 0 Å². The molecule has 0 bridgehead atoms. The zero-order valence-electron chi connectivity index (χ0n) is 6.08. The number of rotatable bonds is 0. The number of hydrogen-bond acceptors (Lipinski definition) is 3. The number of thiophene rings is 1. The molecule has 1 aliphatic rings. The van der Waals surface area contributed by atoms with Gasteiger partial charge in [0, 0.05) is 4.88 Å². The fourth-order valence-electron chi connectivity index (χ4n) is 1.52. The first-order valence-electron chi connectivity index (χ1n) is 3.77. The third kappa shape index (κ3) is 1.33. The second-order valence-corrected chi connectivity index (χ2v) is 4.79. The Bertz CT molecular complexity index is 267. The highest BCUT2D eigenvalue weighted by Crippen LogP contribution is 2.36. The molecule has 60 valence electrons. The third-order valence-electron chi connectivity index (χ3n) is 2.07. The van der Waals surface area contributed by atoms with Gasteiger partial charge in [-0.3, -0.25) is 0 Å². The molecular formula is C8H10OS2. The van der Waals surface area contributed by atoms with Crippen LogP contribution in [0.5, 0.6) is 0 Å². The molecule has 0 saturated heterocycles. The van der Waals surface area contributed by atoms with E-state index in [0.717, 1.165) is 29.0 Å². The van der Waals surface area contributed by atoms with Crippen molar-refractivity contribution in [2.24, 2.45) is 0 Å². The normalized spacial score (nSPS) is 23.3. The fourth-order valence-corrected chi connectivity index (χ4v) is 2.98. The van der Waals surface area contributed by atoms with E-state index in [1.165, 1.54) is 4.88 Å². The lowest BCUT2D eigenvalue weighted by Crippen LogP contribution is -2.05. The highest BCUT2D eigenvalue weighted by atomic mass is 32.2. The average molecular weight is 186 g/mol. The molecule has 0 amide bonds. The summed E-state index contributed by atoms with van der Waals surface area (Å²) in [5.74, 6) is 0. The maximum absolute atomic E-state index is 9.55. The largest absolute Gasteiger partial charge is 0.388 e. The Labute approximate surface area is 75.5 Å². The summed E-state index contributed by atoms with van der Waals surface area (Å²) in [7, 11) is 0. The van der Waals surface area contributed by atoms with Gasteiger partial charge in [0.25, 0.3) is 0 Å². The molecule has 1 aromatic rings. The van der Waals surface area contributed by atoms with Crippen LogP contribution in [0.2, 0.25) is 0 Å². The number of thiol groups is 1. The van der Waals surface area contributed by atoms with Crippen LogP contribution in [0.3, 0.4) is 0 Å². The van der Waals surface area contributed by atoms with Gasteiger partial charge >= 0.3 is 0 Å². The van der Waals surface area contributed by atoms with E-state index < -0.39 is 0 Å². The van der Waals surface area contributed by atoms with Gasteiger partial charge in [0.15, 0.2) is 0 Å². The predicted molar refractivity (Wildman–Crippen MR) is 49.5 cm³/mol. The molecule has 1 heterocycles. The highest BCUT2D eigenvalue weighted by Gasteiger charge is 2.19. The number of aliphatic hydroxyl groups excluding tert-OH is 1. The minimum Gasteiger partial charge on any atom is -0.388 e. The SMILES string of the molecule is OC1CCCc2sc(S)cc21. The van der Waals surface area contributed by atoms with Gasteiger partial charge in [-0.15, -0.1) is 24.0 Å². The van der Waals surface area contributed by atoms with Gasteiger partial charge in [0.1, 0.15) is 0 Å². The van der Waals surface area contributed by atoms with Crippen LogP contribution in [0.4, 0.5) is 0 Å². The van der Waals surface area contributed by atoms with E-state index in [4.69, 9.17) is 0 Å². The summed E-state index contributed by atoms with van der Waals surface area (Å²) < 4.78 is 1.02. The minimum atomic E-state index is -0.226. The summed E-state index contributed by atoms with van der Waals surface area (Å²) in [5, 5.41) is 9.55. The fraction of sp³-hybridized carbons (Fsp3) is 0.500. The van der Waals surface area contributed by atoms with Crippen molar-refractivity contribution in [1.29, 1.82) is 0 Å². The Balaban J connectivity index is 2.43. The Hall–Kier alpha value is 0.01000. The van der Waals surface area contributed by atoms with Gasteiger partial charge in [0.2, 0.25) is 0 Å². The number of aryl methyl sites for hydroxylation is 1. The molecule has 0 saturated carbocycles. The van der Waals surface area contributed by atoms with E-state index in [2.05, 4.69) is 12.6 Å². The first-order valence-corrected chi connectivity index (χ1v) is 5.03. The predicted octanol–water partition coefficient (Wildman–Crippen LogP) is 2.41. The average Bonchev–Trinajstić information content (AvgIpc) is 2.31. The van der Waals surface area contributed by atoms with Crippen LogP contribution in [0, 0.1) is 0 Å². The molecule has 0 aromatic carbocycles. The second-order valence-electron chi connectivity index (χ2n) is 2.87. The Kier molecular flexibility index (Phi) is 1.95. The molecule has 1 nitrogen and oxygen atoms in total. The number of fused-ring (bicyclic) bond motifs is 1. The minimum absolute atomic E-state index is 0.226. The van der Waals surface area contributed by atoms with Gasteiger partial charge in [0.05, 0.1) is 10.3 Å². The second kappa shape index (κ2) is 2.81. The van der Waals surface area contributed by atoms with E-state index >= 15 is 0 Å². The zero-order chi connectivity index (χ0) is 7.84. The Morgan fingerprint density at radius 1 is 1.64 bits per heavy atom. The van der Waals surface area contributed by atoms with E-state index in [0.29, 0.717) is 0 Å². The van der Waals surface area contributed by atoms with Crippen molar-refractivity contribution in [3.63, 3.8) is 0 Å². The van der Waals surface area contributed by atoms with E-state index in [1.54, 1.807) is 11.3 Å². The lowest BCUT2D eigenvalue weighted by atomic mass is 9.97. The van der Waals surface area contributed by atoms with Crippen molar-refractivity contribution in [2.45, 2.75) is 29.6 Å². The molecule has 11 heavy (non-hydrogen) atoms. The van der Waals surface area contributed by atoms with Crippen molar-refractivity contribution in [3.8, 4) is 0 Å². The monoisotopic (exact) mass is 186 g/mol.